The molecule has 0 atom stereocenters. The van der Waals surface area contributed by atoms with Crippen LogP contribution in [-0.4, -0.2) is 37.6 Å². The van der Waals surface area contributed by atoms with Crippen LogP contribution >= 0.6 is 0 Å². The number of carbonyl (C=O) groups is 2. The highest BCUT2D eigenvalue weighted by atomic mass is 16.5. The highest BCUT2D eigenvalue weighted by Gasteiger charge is 2.19. The van der Waals surface area contributed by atoms with Gasteiger partial charge in [0.2, 0.25) is 5.75 Å². The van der Waals surface area contributed by atoms with Gasteiger partial charge in [0.05, 0.1) is 19.9 Å². The lowest BCUT2D eigenvalue weighted by Gasteiger charge is -2.15. The minimum Gasteiger partial charge on any atom is -0.493 e. The van der Waals surface area contributed by atoms with Gasteiger partial charge in [-0.05, 0) is 30.3 Å². The van der Waals surface area contributed by atoms with Crippen molar-refractivity contribution in [1.82, 2.24) is 4.98 Å². The van der Waals surface area contributed by atoms with E-state index in [0.717, 1.165) is 10.9 Å². The summed E-state index contributed by atoms with van der Waals surface area (Å²) in [6, 6.07) is 10.5. The second kappa shape index (κ2) is 7.69. The molecule has 3 aromatic rings. The molecule has 27 heavy (non-hydrogen) atoms. The molecule has 4 N–H and O–H groups in total. The molecule has 0 radical (unpaired) electrons. The van der Waals surface area contributed by atoms with Crippen LogP contribution in [0.25, 0.3) is 10.9 Å². The Kier molecular flexibility index (Phi) is 5.16. The lowest BCUT2D eigenvalue weighted by atomic mass is 10.1. The number of rotatable bonds is 7. The number of nitrogens with two attached hydrogens (primary N) is 1. The van der Waals surface area contributed by atoms with Crippen LogP contribution in [0.3, 0.4) is 0 Å². The molecule has 1 aromatic heterocycles. The van der Waals surface area contributed by atoms with Gasteiger partial charge < -0.3 is 30.2 Å². The molecule has 0 spiro atoms. The van der Waals surface area contributed by atoms with E-state index in [9.17, 15) is 9.59 Å². The van der Waals surface area contributed by atoms with E-state index in [1.165, 1.54) is 26.4 Å². The van der Waals surface area contributed by atoms with Gasteiger partial charge in [0.25, 0.3) is 11.8 Å². The van der Waals surface area contributed by atoms with Gasteiger partial charge in [-0.25, -0.2) is 0 Å². The third kappa shape index (κ3) is 3.79. The summed E-state index contributed by atoms with van der Waals surface area (Å²) < 4.78 is 15.9. The highest BCUT2D eigenvalue weighted by Crippen LogP contribution is 2.38. The minimum absolute atomic E-state index is 0.197. The van der Waals surface area contributed by atoms with Crippen molar-refractivity contribution in [2.24, 2.45) is 5.73 Å². The molecule has 0 bridgehead atoms. The monoisotopic (exact) mass is 369 g/mol. The molecule has 0 aliphatic rings. The summed E-state index contributed by atoms with van der Waals surface area (Å²) in [7, 11) is 2.85. The Labute approximate surface area is 155 Å². The normalized spacial score (nSPS) is 10.4. The number of hydrogen-bond acceptors (Lipinski definition) is 5. The van der Waals surface area contributed by atoms with E-state index in [-0.39, 0.29) is 29.8 Å². The zero-order chi connectivity index (χ0) is 19.4. The molecule has 1 heterocycles. The number of aromatic amines is 1. The maximum atomic E-state index is 12.7. The largest absolute Gasteiger partial charge is 0.493 e. The Morgan fingerprint density at radius 1 is 1.11 bits per heavy atom. The summed E-state index contributed by atoms with van der Waals surface area (Å²) in [6.45, 7) is -0.340. The molecule has 140 valence electrons. The average Bonchev–Trinajstić information content (AvgIpc) is 3.15. The second-order valence-corrected chi connectivity index (χ2v) is 5.66. The number of methoxy groups -OCH3 is 2. The van der Waals surface area contributed by atoms with E-state index in [0.29, 0.717) is 11.3 Å². The van der Waals surface area contributed by atoms with Gasteiger partial charge in [-0.1, -0.05) is 6.07 Å². The van der Waals surface area contributed by atoms with E-state index in [4.69, 9.17) is 19.9 Å². The Bertz CT molecular complexity index is 971. The standard InChI is InChI=1S/C19H19N3O5/c1-25-15-8-11(9-16(26-2)18(15)27-10-17(20)23)19(24)22-14-5-3-4-13-12(14)6-7-21-13/h3-9,21H,10H2,1-2H3,(H2,20,23)(H,22,24). The quantitative estimate of drug-likeness (QED) is 0.591. The lowest BCUT2D eigenvalue weighted by Crippen LogP contribution is -2.20. The fourth-order valence-electron chi connectivity index (χ4n) is 2.69. The molecule has 0 saturated carbocycles. The molecule has 0 aliphatic heterocycles. The van der Waals surface area contributed by atoms with Crippen LogP contribution < -0.4 is 25.3 Å². The summed E-state index contributed by atoms with van der Waals surface area (Å²) in [5, 5.41) is 3.77. The van der Waals surface area contributed by atoms with Crippen LogP contribution in [0.15, 0.2) is 42.6 Å². The topological polar surface area (TPSA) is 116 Å². The molecule has 0 aliphatic carbocycles. The van der Waals surface area contributed by atoms with E-state index in [1.807, 2.05) is 24.3 Å². The second-order valence-electron chi connectivity index (χ2n) is 5.66. The van der Waals surface area contributed by atoms with Crippen LogP contribution in [0.1, 0.15) is 10.4 Å². The predicted octanol–water partition coefficient (Wildman–Crippen LogP) is 2.30. The van der Waals surface area contributed by atoms with Crippen LogP contribution in [0.5, 0.6) is 17.2 Å². The third-order valence-electron chi connectivity index (χ3n) is 3.92. The van der Waals surface area contributed by atoms with Crippen LogP contribution in [0.2, 0.25) is 0 Å². The van der Waals surface area contributed by atoms with Crippen molar-refractivity contribution in [1.29, 1.82) is 0 Å². The number of aromatic nitrogens is 1. The zero-order valence-corrected chi connectivity index (χ0v) is 14.9. The van der Waals surface area contributed by atoms with E-state index in [2.05, 4.69) is 10.3 Å². The number of nitrogens with one attached hydrogen (secondary N) is 2. The number of ether oxygens (including phenoxy) is 3. The Morgan fingerprint density at radius 2 is 1.81 bits per heavy atom. The van der Waals surface area contributed by atoms with Gasteiger partial charge in [0.1, 0.15) is 0 Å². The summed E-state index contributed by atoms with van der Waals surface area (Å²) >= 11 is 0. The van der Waals surface area contributed by atoms with Crippen LogP contribution in [0, 0.1) is 0 Å². The van der Waals surface area contributed by atoms with E-state index < -0.39 is 5.91 Å². The first-order chi connectivity index (χ1) is 13.0. The maximum absolute atomic E-state index is 12.7. The lowest BCUT2D eigenvalue weighted by molar-refractivity contribution is -0.120. The van der Waals surface area contributed by atoms with Gasteiger partial charge in [0.15, 0.2) is 18.1 Å². The SMILES string of the molecule is COc1cc(C(=O)Nc2cccc3[nH]ccc23)cc(OC)c1OCC(N)=O. The fraction of sp³-hybridized carbons (Fsp3) is 0.158. The first-order valence-corrected chi connectivity index (χ1v) is 8.08. The molecular weight excluding hydrogens is 350 g/mol. The molecule has 0 unspecified atom stereocenters. The third-order valence-corrected chi connectivity index (χ3v) is 3.92. The fourth-order valence-corrected chi connectivity index (χ4v) is 2.69. The van der Waals surface area contributed by atoms with Crippen molar-refractivity contribution in [3.63, 3.8) is 0 Å². The number of hydrogen-bond donors (Lipinski definition) is 3. The first-order valence-electron chi connectivity index (χ1n) is 8.08. The van der Waals surface area contributed by atoms with Crippen molar-refractivity contribution in [2.45, 2.75) is 0 Å². The van der Waals surface area contributed by atoms with Crippen molar-refractivity contribution >= 4 is 28.4 Å². The molecule has 0 fully saturated rings. The van der Waals surface area contributed by atoms with Gasteiger partial charge in [0, 0.05) is 22.7 Å². The summed E-state index contributed by atoms with van der Waals surface area (Å²) in [6.07, 6.45) is 1.80. The van der Waals surface area contributed by atoms with Crippen molar-refractivity contribution in [2.75, 3.05) is 26.1 Å². The number of amides is 2. The van der Waals surface area contributed by atoms with Crippen LogP contribution in [0.4, 0.5) is 5.69 Å². The van der Waals surface area contributed by atoms with Gasteiger partial charge in [-0.2, -0.15) is 0 Å². The maximum Gasteiger partial charge on any atom is 0.255 e. The molecule has 3 rings (SSSR count). The predicted molar refractivity (Wildman–Crippen MR) is 100 cm³/mol. The van der Waals surface area contributed by atoms with Crippen molar-refractivity contribution in [3.05, 3.63) is 48.2 Å². The number of anilines is 1. The molecule has 0 saturated heterocycles. The average molecular weight is 369 g/mol. The summed E-state index contributed by atoms with van der Waals surface area (Å²) in [5.41, 5.74) is 7.01. The molecule has 8 nitrogen and oxygen atoms in total. The van der Waals surface area contributed by atoms with Gasteiger partial charge >= 0.3 is 0 Å². The summed E-state index contributed by atoms with van der Waals surface area (Å²) in [4.78, 5) is 26.8. The van der Waals surface area contributed by atoms with Gasteiger partial charge in [-0.15, -0.1) is 0 Å². The Hall–Kier alpha value is -3.68. The number of primary amides is 1. The summed E-state index contributed by atoms with van der Waals surface area (Å²) in [5.74, 6) is -0.286. The Morgan fingerprint density at radius 3 is 2.44 bits per heavy atom. The van der Waals surface area contributed by atoms with Crippen molar-refractivity contribution < 1.29 is 23.8 Å². The zero-order valence-electron chi connectivity index (χ0n) is 14.9. The van der Waals surface area contributed by atoms with E-state index in [1.54, 1.807) is 6.20 Å². The number of benzene rings is 2. The first kappa shape index (κ1) is 18.1. The number of carbonyl (C=O) groups excluding carboxylic acids is 2. The molecular formula is C19H19N3O5. The van der Waals surface area contributed by atoms with Gasteiger partial charge in [-0.3, -0.25) is 9.59 Å². The minimum atomic E-state index is -0.638. The smallest absolute Gasteiger partial charge is 0.255 e. The van der Waals surface area contributed by atoms with Crippen molar-refractivity contribution in [3.8, 4) is 17.2 Å². The van der Waals surface area contributed by atoms with E-state index >= 15 is 0 Å². The molecule has 8 heteroatoms. The molecule has 2 aromatic carbocycles. The molecule has 2 amide bonds. The number of H-pyrrole nitrogens is 1. The van der Waals surface area contributed by atoms with Crippen LogP contribution in [-0.2, 0) is 4.79 Å². The highest BCUT2D eigenvalue weighted by molar-refractivity contribution is 6.09. The number of fused-ring (bicyclic) bond motifs is 1. The Balaban J connectivity index is 1.92.